The molecule has 2 aromatic carbocycles. The van der Waals surface area contributed by atoms with Gasteiger partial charge in [-0.2, -0.15) is 0 Å². The number of ether oxygens (including phenoxy) is 2. The van der Waals surface area contributed by atoms with Crippen molar-refractivity contribution in [3.8, 4) is 11.5 Å². The molecule has 0 saturated carbocycles. The number of carboxylic acids is 1. The molecule has 0 aromatic heterocycles. The van der Waals surface area contributed by atoms with E-state index in [0.29, 0.717) is 13.2 Å². The number of benzene rings is 2. The topological polar surface area (TPSA) is 62.2 Å². The average Bonchev–Trinajstić information content (AvgIpc) is 3.13. The number of carboxylic acid groups (broad SMARTS) is 1. The van der Waals surface area contributed by atoms with Crippen molar-refractivity contribution < 1.29 is 19.4 Å². The predicted molar refractivity (Wildman–Crippen MR) is 117 cm³/mol. The second-order valence-corrected chi connectivity index (χ2v) is 8.25. The molecule has 1 saturated heterocycles. The molecule has 2 aliphatic rings. The minimum atomic E-state index is -0.801. The average molecular weight is 431 g/mol. The number of carbonyl (C=O) groups is 1. The van der Waals surface area contributed by atoms with Gasteiger partial charge in [0.25, 0.3) is 0 Å². The maximum atomic E-state index is 10.9. The summed E-state index contributed by atoms with van der Waals surface area (Å²) in [5.41, 5.74) is 2.15. The van der Waals surface area contributed by atoms with Gasteiger partial charge < -0.3 is 19.5 Å². The van der Waals surface area contributed by atoms with E-state index in [0.717, 1.165) is 61.2 Å². The van der Waals surface area contributed by atoms with Crippen LogP contribution in [0.3, 0.4) is 0 Å². The molecule has 7 heteroatoms. The molecule has 0 aliphatic carbocycles. The van der Waals surface area contributed by atoms with Gasteiger partial charge in [0.15, 0.2) is 0 Å². The van der Waals surface area contributed by atoms with E-state index in [1.54, 1.807) is 0 Å². The van der Waals surface area contributed by atoms with E-state index >= 15 is 0 Å². The fourth-order valence-electron chi connectivity index (χ4n) is 4.11. The molecule has 2 heterocycles. The normalized spacial score (nSPS) is 18.7. The Morgan fingerprint density at radius 3 is 2.77 bits per heavy atom. The molecule has 1 N–H and O–H groups in total. The number of hydrogen-bond donors (Lipinski definition) is 1. The number of piperazine rings is 1. The van der Waals surface area contributed by atoms with Gasteiger partial charge in [0.1, 0.15) is 11.5 Å². The summed E-state index contributed by atoms with van der Waals surface area (Å²) in [6, 6.07) is 13.8. The van der Waals surface area contributed by atoms with Gasteiger partial charge in [0.2, 0.25) is 0 Å². The Balaban J connectivity index is 1.18. The highest BCUT2D eigenvalue weighted by molar-refractivity contribution is 6.30. The first-order chi connectivity index (χ1) is 14.6. The van der Waals surface area contributed by atoms with Crippen molar-refractivity contribution in [1.29, 1.82) is 0 Å². The van der Waals surface area contributed by atoms with Crippen LogP contribution in [0.1, 0.15) is 24.3 Å². The Hall–Kier alpha value is -2.44. The van der Waals surface area contributed by atoms with Crippen LogP contribution < -0.4 is 14.4 Å². The van der Waals surface area contributed by atoms with Crippen LogP contribution in [0.2, 0.25) is 5.02 Å². The number of rotatable bonds is 8. The maximum absolute atomic E-state index is 10.9. The Labute approximate surface area is 181 Å². The zero-order valence-corrected chi connectivity index (χ0v) is 17.7. The Bertz CT molecular complexity index is 883. The van der Waals surface area contributed by atoms with Crippen molar-refractivity contribution >= 4 is 23.3 Å². The molecule has 1 atom stereocenters. The lowest BCUT2D eigenvalue weighted by Crippen LogP contribution is -2.46. The van der Waals surface area contributed by atoms with Crippen LogP contribution in [0.4, 0.5) is 5.69 Å². The lowest BCUT2D eigenvalue weighted by Gasteiger charge is -2.36. The highest BCUT2D eigenvalue weighted by Crippen LogP contribution is 2.38. The number of hydrogen-bond acceptors (Lipinski definition) is 5. The van der Waals surface area contributed by atoms with Gasteiger partial charge in [-0.1, -0.05) is 23.7 Å². The van der Waals surface area contributed by atoms with Crippen molar-refractivity contribution in [1.82, 2.24) is 4.90 Å². The number of nitrogens with zero attached hydrogens (tertiary/aromatic N) is 2. The molecule has 4 rings (SSSR count). The summed E-state index contributed by atoms with van der Waals surface area (Å²) in [7, 11) is 0. The van der Waals surface area contributed by atoms with Gasteiger partial charge in [0, 0.05) is 61.0 Å². The van der Waals surface area contributed by atoms with Crippen LogP contribution in [0.25, 0.3) is 0 Å². The third kappa shape index (κ3) is 5.18. The summed E-state index contributed by atoms with van der Waals surface area (Å²) in [5, 5.41) is 9.78. The molecule has 0 spiro atoms. The fraction of sp³-hybridized carbons (Fsp3) is 0.435. The fourth-order valence-corrected chi connectivity index (χ4v) is 4.29. The number of halogens is 1. The summed E-state index contributed by atoms with van der Waals surface area (Å²) in [6.07, 6.45) is 1.05. The summed E-state index contributed by atoms with van der Waals surface area (Å²) in [4.78, 5) is 15.8. The molecule has 0 amide bonds. The summed E-state index contributed by atoms with van der Waals surface area (Å²) in [6.45, 7) is 6.14. The second kappa shape index (κ2) is 9.58. The molecule has 2 aromatic rings. The summed E-state index contributed by atoms with van der Waals surface area (Å²) >= 11 is 6.10. The third-order valence-corrected chi connectivity index (χ3v) is 5.95. The molecule has 1 unspecified atom stereocenters. The zero-order chi connectivity index (χ0) is 20.9. The first kappa shape index (κ1) is 20.8. The molecular weight excluding hydrogens is 404 g/mol. The van der Waals surface area contributed by atoms with Crippen LogP contribution in [0.15, 0.2) is 42.5 Å². The third-order valence-electron chi connectivity index (χ3n) is 5.72. The summed E-state index contributed by atoms with van der Waals surface area (Å²) < 4.78 is 11.5. The van der Waals surface area contributed by atoms with Crippen LogP contribution >= 0.6 is 11.6 Å². The Morgan fingerprint density at radius 1 is 1.17 bits per heavy atom. The molecule has 2 aliphatic heterocycles. The van der Waals surface area contributed by atoms with Gasteiger partial charge in [-0.25, -0.2) is 0 Å². The molecule has 0 bridgehead atoms. The quantitative estimate of drug-likeness (QED) is 0.641. The standard InChI is InChI=1S/C23H27ClN2O4/c24-18-3-1-4-19(14-18)26-10-8-25(9-11-26)7-2-12-29-20-5-6-21-17(13-23(27)28)16-30-22(21)15-20/h1,3-6,14-15,17H,2,7-13,16H2,(H,27,28). The number of anilines is 1. The lowest BCUT2D eigenvalue weighted by atomic mass is 9.98. The molecule has 30 heavy (non-hydrogen) atoms. The predicted octanol–water partition coefficient (Wildman–Crippen LogP) is 3.88. The van der Waals surface area contributed by atoms with E-state index in [2.05, 4.69) is 15.9 Å². The van der Waals surface area contributed by atoms with Crippen LogP contribution in [0, 0.1) is 0 Å². The minimum Gasteiger partial charge on any atom is -0.493 e. The van der Waals surface area contributed by atoms with Gasteiger partial charge in [-0.3, -0.25) is 9.69 Å². The first-order valence-corrected chi connectivity index (χ1v) is 10.8. The smallest absolute Gasteiger partial charge is 0.304 e. The van der Waals surface area contributed by atoms with Crippen LogP contribution in [-0.2, 0) is 4.79 Å². The highest BCUT2D eigenvalue weighted by Gasteiger charge is 2.26. The second-order valence-electron chi connectivity index (χ2n) is 7.82. The van der Waals surface area contributed by atoms with E-state index in [-0.39, 0.29) is 12.3 Å². The van der Waals surface area contributed by atoms with Crippen LogP contribution in [0.5, 0.6) is 11.5 Å². The van der Waals surface area contributed by atoms with Crippen molar-refractivity contribution in [2.45, 2.75) is 18.8 Å². The van der Waals surface area contributed by atoms with Gasteiger partial charge >= 0.3 is 5.97 Å². The molecule has 160 valence electrons. The van der Waals surface area contributed by atoms with Gasteiger partial charge in [-0.15, -0.1) is 0 Å². The first-order valence-electron chi connectivity index (χ1n) is 10.4. The minimum absolute atomic E-state index is 0.0721. The number of aliphatic carboxylic acids is 1. The van der Waals surface area contributed by atoms with Gasteiger partial charge in [-0.05, 0) is 30.7 Å². The summed E-state index contributed by atoms with van der Waals surface area (Å²) in [5.74, 6) is 0.647. The molecule has 6 nitrogen and oxygen atoms in total. The van der Waals surface area contributed by atoms with E-state index in [4.69, 9.17) is 26.2 Å². The van der Waals surface area contributed by atoms with Crippen LogP contribution in [-0.4, -0.2) is 61.9 Å². The monoisotopic (exact) mass is 430 g/mol. The van der Waals surface area contributed by atoms with Crippen molar-refractivity contribution in [3.05, 3.63) is 53.1 Å². The van der Waals surface area contributed by atoms with E-state index < -0.39 is 5.97 Å². The maximum Gasteiger partial charge on any atom is 0.304 e. The highest BCUT2D eigenvalue weighted by atomic mass is 35.5. The van der Waals surface area contributed by atoms with E-state index in [1.165, 1.54) is 5.69 Å². The van der Waals surface area contributed by atoms with Gasteiger partial charge in [0.05, 0.1) is 19.6 Å². The number of fused-ring (bicyclic) bond motifs is 1. The van der Waals surface area contributed by atoms with Crippen molar-refractivity contribution in [2.24, 2.45) is 0 Å². The van der Waals surface area contributed by atoms with Crippen molar-refractivity contribution in [2.75, 3.05) is 50.8 Å². The Morgan fingerprint density at radius 2 is 2.00 bits per heavy atom. The molecule has 0 radical (unpaired) electrons. The van der Waals surface area contributed by atoms with Crippen molar-refractivity contribution in [3.63, 3.8) is 0 Å². The Kier molecular flexibility index (Phi) is 6.65. The largest absolute Gasteiger partial charge is 0.493 e. The molecule has 1 fully saturated rings. The molecular formula is C23H27ClN2O4. The SMILES string of the molecule is O=C(O)CC1COc2cc(OCCCN3CCN(c4cccc(Cl)c4)CC3)ccc21. The van der Waals surface area contributed by atoms with E-state index in [1.807, 2.05) is 36.4 Å². The lowest BCUT2D eigenvalue weighted by molar-refractivity contribution is -0.137. The van der Waals surface area contributed by atoms with E-state index in [9.17, 15) is 4.79 Å². The zero-order valence-electron chi connectivity index (χ0n) is 16.9.